The summed E-state index contributed by atoms with van der Waals surface area (Å²) in [4.78, 5) is 67.2. The molecule has 10 atom stereocenters. The minimum Gasteiger partial charge on any atom is -0.353 e. The van der Waals surface area contributed by atoms with Crippen molar-refractivity contribution in [1.82, 2.24) is 10.6 Å². The molecule has 4 aliphatic carbocycles. The van der Waals surface area contributed by atoms with Gasteiger partial charge in [0.05, 0.1) is 0 Å². The molecule has 4 rings (SSSR count). The van der Waals surface area contributed by atoms with E-state index in [9.17, 15) is 24.0 Å². The highest BCUT2D eigenvalue weighted by Crippen LogP contribution is 2.42. The van der Waals surface area contributed by atoms with Gasteiger partial charge in [-0.2, -0.15) is 0 Å². The third kappa shape index (κ3) is 9.59. The van der Waals surface area contributed by atoms with E-state index in [0.717, 1.165) is 96.3 Å². The Morgan fingerprint density at radius 1 is 0.562 bits per heavy atom. The first-order chi connectivity index (χ1) is 23.0. The van der Waals surface area contributed by atoms with Crippen LogP contribution in [-0.2, 0) is 24.0 Å². The summed E-state index contributed by atoms with van der Waals surface area (Å²) in [6.45, 7) is 12.1. The van der Waals surface area contributed by atoms with Crippen LogP contribution in [0.4, 0.5) is 0 Å². The number of Topliss-reactive ketones (excluding diaryl/α,β-unsaturated/α-hetero) is 3. The van der Waals surface area contributed by atoms with Gasteiger partial charge < -0.3 is 10.6 Å². The summed E-state index contributed by atoms with van der Waals surface area (Å²) in [6, 6.07) is -0.164. The zero-order valence-corrected chi connectivity index (χ0v) is 31.2. The van der Waals surface area contributed by atoms with Gasteiger partial charge in [0.25, 0.3) is 0 Å². The maximum absolute atomic E-state index is 14.0. The van der Waals surface area contributed by atoms with Crippen LogP contribution in [0.3, 0.4) is 0 Å². The van der Waals surface area contributed by atoms with Gasteiger partial charge in [0, 0.05) is 60.4 Å². The Balaban J connectivity index is 1.38. The lowest BCUT2D eigenvalue weighted by molar-refractivity contribution is -0.133. The Morgan fingerprint density at radius 3 is 1.81 bits per heavy atom. The predicted octanol–water partition coefficient (Wildman–Crippen LogP) is 8.02. The molecule has 2 amide bonds. The van der Waals surface area contributed by atoms with Gasteiger partial charge in [0.2, 0.25) is 11.8 Å². The van der Waals surface area contributed by atoms with Gasteiger partial charge in [0.15, 0.2) is 0 Å². The number of carbonyl (C=O) groups excluding carboxylic acids is 5. The predicted molar refractivity (Wildman–Crippen MR) is 191 cm³/mol. The molecule has 7 heteroatoms. The zero-order chi connectivity index (χ0) is 35.0. The number of hydrogen-bond acceptors (Lipinski definition) is 5. The Morgan fingerprint density at radius 2 is 1.15 bits per heavy atom. The van der Waals surface area contributed by atoms with E-state index in [-0.39, 0.29) is 94.6 Å². The second kappa shape index (κ2) is 18.3. The smallest absolute Gasteiger partial charge is 0.223 e. The van der Waals surface area contributed by atoms with Crippen LogP contribution in [0.5, 0.6) is 0 Å². The Hall–Kier alpha value is -2.05. The number of carbonyl (C=O) groups is 5. The maximum atomic E-state index is 14.0. The molecule has 0 bridgehead atoms. The SMILES string of the molecule is CC[C@@H](C(=O)C(C)C)[C@H]1CCCC[C@H]1CC(=O)[C@@H]1CCC[C@H]1NC(=O)[C@H](CC)[C@H]1CCCC[C@H]1NC(=O)[C@@H]1CCC[C@H]1CC(=O)C(C)C. The molecule has 272 valence electrons. The van der Waals surface area contributed by atoms with Crippen LogP contribution < -0.4 is 10.6 Å². The molecule has 0 heterocycles. The first-order valence-electron chi connectivity index (χ1n) is 20.2. The van der Waals surface area contributed by atoms with Gasteiger partial charge in [-0.05, 0) is 87.9 Å². The van der Waals surface area contributed by atoms with Gasteiger partial charge in [-0.15, -0.1) is 0 Å². The van der Waals surface area contributed by atoms with Crippen molar-refractivity contribution < 1.29 is 24.0 Å². The fourth-order valence-electron chi connectivity index (χ4n) is 10.3. The molecule has 0 radical (unpaired) electrons. The molecular formula is C41H68N2O5. The van der Waals surface area contributed by atoms with Crippen LogP contribution >= 0.6 is 0 Å². The lowest BCUT2D eigenvalue weighted by atomic mass is 9.67. The summed E-state index contributed by atoms with van der Waals surface area (Å²) < 4.78 is 0. The third-order valence-electron chi connectivity index (χ3n) is 13.1. The second-order valence-corrected chi connectivity index (χ2v) is 16.8. The van der Waals surface area contributed by atoms with E-state index in [1.807, 2.05) is 27.7 Å². The number of ketones is 3. The van der Waals surface area contributed by atoms with Crippen molar-refractivity contribution in [3.05, 3.63) is 0 Å². The first kappa shape index (κ1) is 38.7. The molecule has 4 saturated carbocycles. The fraction of sp³-hybridized carbons (Fsp3) is 0.878. The van der Waals surface area contributed by atoms with Crippen molar-refractivity contribution in [2.75, 3.05) is 0 Å². The van der Waals surface area contributed by atoms with E-state index in [1.165, 1.54) is 0 Å². The fourth-order valence-corrected chi connectivity index (χ4v) is 10.3. The molecule has 0 unspecified atom stereocenters. The molecule has 48 heavy (non-hydrogen) atoms. The van der Waals surface area contributed by atoms with Crippen molar-refractivity contribution >= 4 is 29.2 Å². The highest BCUT2D eigenvalue weighted by molar-refractivity contribution is 5.86. The highest BCUT2D eigenvalue weighted by atomic mass is 16.2. The minimum absolute atomic E-state index is 0.00593. The van der Waals surface area contributed by atoms with Crippen LogP contribution in [0.15, 0.2) is 0 Å². The largest absolute Gasteiger partial charge is 0.353 e. The quantitative estimate of drug-likeness (QED) is 0.173. The molecule has 0 spiro atoms. The molecule has 0 saturated heterocycles. The van der Waals surface area contributed by atoms with E-state index < -0.39 is 0 Å². The monoisotopic (exact) mass is 669 g/mol. The van der Waals surface area contributed by atoms with Gasteiger partial charge >= 0.3 is 0 Å². The lowest BCUT2D eigenvalue weighted by Gasteiger charge is -2.38. The van der Waals surface area contributed by atoms with Crippen molar-refractivity contribution in [2.45, 2.75) is 169 Å². The van der Waals surface area contributed by atoms with Crippen molar-refractivity contribution in [3.63, 3.8) is 0 Å². The molecular weight excluding hydrogens is 600 g/mol. The summed E-state index contributed by atoms with van der Waals surface area (Å²) >= 11 is 0. The van der Waals surface area contributed by atoms with Crippen LogP contribution in [0.25, 0.3) is 0 Å². The molecule has 4 aliphatic rings. The highest BCUT2D eigenvalue weighted by Gasteiger charge is 2.43. The second-order valence-electron chi connectivity index (χ2n) is 16.8. The number of hydrogen-bond donors (Lipinski definition) is 2. The van der Waals surface area contributed by atoms with Crippen molar-refractivity contribution in [2.24, 2.45) is 59.2 Å². The van der Waals surface area contributed by atoms with Gasteiger partial charge in [-0.25, -0.2) is 0 Å². The standard InChI is InChI=1S/C41H68N2O5/c1-7-29(39(46)26(5)6)31-17-10-9-15-27(31)24-38(45)34-20-14-22-36(34)43-40(47)30(8-2)33-18-11-12-21-35(33)42-41(48)32-19-13-16-28(32)23-37(44)25(3)4/h25-36H,7-24H2,1-6H3,(H,42,48)(H,43,47)/t27-,28-,29+,30+,31-,32+,33+,34+,35+,36+/m0/s1. The van der Waals surface area contributed by atoms with E-state index in [0.29, 0.717) is 25.0 Å². The van der Waals surface area contributed by atoms with Crippen LogP contribution in [0, 0.1) is 59.2 Å². The lowest BCUT2D eigenvalue weighted by Crippen LogP contribution is -2.51. The number of rotatable bonds is 16. The third-order valence-corrected chi connectivity index (χ3v) is 13.1. The molecule has 2 N–H and O–H groups in total. The average Bonchev–Trinajstić information content (AvgIpc) is 3.73. The normalized spacial score (nSPS) is 32.2. The summed E-state index contributed by atoms with van der Waals surface area (Å²) in [7, 11) is 0. The topological polar surface area (TPSA) is 109 Å². The van der Waals surface area contributed by atoms with Crippen LogP contribution in [-0.4, -0.2) is 41.2 Å². The molecule has 7 nitrogen and oxygen atoms in total. The summed E-state index contributed by atoms with van der Waals surface area (Å²) in [5.74, 6) is 1.31. The van der Waals surface area contributed by atoms with Gasteiger partial charge in [0.1, 0.15) is 17.3 Å². The minimum atomic E-state index is -0.205. The maximum Gasteiger partial charge on any atom is 0.223 e. The van der Waals surface area contributed by atoms with E-state index in [2.05, 4.69) is 24.5 Å². The summed E-state index contributed by atoms with van der Waals surface area (Å²) in [6.07, 6.45) is 16.1. The van der Waals surface area contributed by atoms with Crippen LogP contribution in [0.2, 0.25) is 0 Å². The van der Waals surface area contributed by atoms with Gasteiger partial charge in [-0.3, -0.25) is 24.0 Å². The number of nitrogens with one attached hydrogen (secondary N) is 2. The van der Waals surface area contributed by atoms with Gasteiger partial charge in [-0.1, -0.05) is 80.1 Å². The van der Waals surface area contributed by atoms with E-state index in [1.54, 1.807) is 0 Å². The molecule has 0 aliphatic heterocycles. The van der Waals surface area contributed by atoms with Crippen molar-refractivity contribution in [1.29, 1.82) is 0 Å². The Bertz CT molecular complexity index is 1120. The van der Waals surface area contributed by atoms with E-state index >= 15 is 0 Å². The molecule has 4 fully saturated rings. The van der Waals surface area contributed by atoms with E-state index in [4.69, 9.17) is 0 Å². The average molecular weight is 669 g/mol. The Kier molecular flexibility index (Phi) is 14.7. The summed E-state index contributed by atoms with van der Waals surface area (Å²) in [5, 5.41) is 6.78. The Labute approximate surface area is 291 Å². The first-order valence-corrected chi connectivity index (χ1v) is 20.2. The summed E-state index contributed by atoms with van der Waals surface area (Å²) in [5.41, 5.74) is 0. The molecule has 0 aromatic carbocycles. The van der Waals surface area contributed by atoms with Crippen LogP contribution in [0.1, 0.15) is 157 Å². The molecule has 0 aromatic heterocycles. The number of amides is 2. The van der Waals surface area contributed by atoms with Crippen molar-refractivity contribution in [3.8, 4) is 0 Å². The molecule has 0 aromatic rings. The zero-order valence-electron chi connectivity index (χ0n) is 31.2.